The number of hydrogen-bond acceptors (Lipinski definition) is 1. The van der Waals surface area contributed by atoms with Gasteiger partial charge in [-0.25, -0.2) is 0 Å². The van der Waals surface area contributed by atoms with Gasteiger partial charge in [0, 0.05) is 0 Å². The highest BCUT2D eigenvalue weighted by molar-refractivity contribution is 7.43. The Morgan fingerprint density at radius 1 is 1.31 bits per heavy atom. The van der Waals surface area contributed by atoms with Crippen LogP contribution in [0.3, 0.4) is 0 Å². The van der Waals surface area contributed by atoms with Crippen LogP contribution in [0.2, 0.25) is 0 Å². The zero-order valence-corrected chi connectivity index (χ0v) is 9.73. The lowest BCUT2D eigenvalue weighted by atomic mass is 9.89. The van der Waals surface area contributed by atoms with Gasteiger partial charge in [-0.05, 0) is 29.4 Å². The van der Waals surface area contributed by atoms with Crippen LogP contribution in [0.25, 0.3) is 0 Å². The second-order valence-electron chi connectivity index (χ2n) is 4.12. The zero-order valence-electron chi connectivity index (χ0n) is 8.83. The van der Waals surface area contributed by atoms with Crippen molar-refractivity contribution in [1.29, 1.82) is 0 Å². The molecule has 2 nitrogen and oxygen atoms in total. The topological polar surface area (TPSA) is 37.3 Å². The molecule has 0 saturated heterocycles. The van der Waals surface area contributed by atoms with E-state index in [1.54, 1.807) is 0 Å². The van der Waals surface area contributed by atoms with E-state index in [-0.39, 0.29) is 11.2 Å². The second kappa shape index (κ2) is 5.78. The lowest BCUT2D eigenvalue weighted by Gasteiger charge is -2.17. The number of halogens is 3. The predicted octanol–water partition coefficient (Wildman–Crippen LogP) is 4.14. The second-order valence-corrected chi connectivity index (χ2v) is 5.24. The molecule has 0 spiro atoms. The van der Waals surface area contributed by atoms with E-state index in [1.165, 1.54) is 6.08 Å². The number of hydrogen-bond donors (Lipinski definition) is 1. The zero-order chi connectivity index (χ0) is 12.2. The highest BCUT2D eigenvalue weighted by atomic mass is 31.1. The third kappa shape index (κ3) is 5.08. The lowest BCUT2D eigenvalue weighted by molar-refractivity contribution is -0.126. The molecule has 16 heavy (non-hydrogen) atoms. The molecule has 6 heteroatoms. The van der Waals surface area contributed by atoms with Gasteiger partial charge in [0.25, 0.3) is 0 Å². The normalized spacial score (nSPS) is 21.0. The van der Waals surface area contributed by atoms with Crippen molar-refractivity contribution in [3.63, 3.8) is 0 Å². The minimum Gasteiger partial charge on any atom is -0.171 e. The smallest absolute Gasteiger partial charge is 0.171 e. The number of rotatable bonds is 3. The first-order valence-electron chi connectivity index (χ1n) is 5.32. The van der Waals surface area contributed by atoms with Crippen molar-refractivity contribution in [1.82, 2.24) is 0 Å². The molecule has 1 aliphatic rings. The molecule has 0 aromatic heterocycles. The summed E-state index contributed by atoms with van der Waals surface area (Å²) in [6.07, 6.45) is 0.416. The molecule has 0 bridgehead atoms. The Bertz CT molecular complexity index is 280. The maximum Gasteiger partial charge on any atom is 0.541 e. The molecule has 1 unspecified atom stereocenters. The van der Waals surface area contributed by atoms with E-state index in [2.05, 4.69) is 0 Å². The van der Waals surface area contributed by atoms with Crippen LogP contribution < -0.4 is 0 Å². The maximum absolute atomic E-state index is 12.1. The summed E-state index contributed by atoms with van der Waals surface area (Å²) in [7, 11) is -2.86. The highest BCUT2D eigenvalue weighted by Crippen LogP contribution is 2.39. The van der Waals surface area contributed by atoms with Gasteiger partial charge in [0.05, 0.1) is 0 Å². The Morgan fingerprint density at radius 3 is 2.31 bits per heavy atom. The summed E-state index contributed by atoms with van der Waals surface area (Å²) in [4.78, 5) is 8.85. The first-order valence-corrected chi connectivity index (χ1v) is 6.53. The van der Waals surface area contributed by atoms with Gasteiger partial charge >= 0.3 is 14.2 Å². The molecule has 0 aliphatic heterocycles. The fraction of sp³-hybridized carbons (Fsp3) is 0.800. The molecule has 1 aliphatic carbocycles. The minimum atomic E-state index is -4.41. The van der Waals surface area contributed by atoms with Crippen LogP contribution in [0.5, 0.6) is 0 Å². The van der Waals surface area contributed by atoms with E-state index in [9.17, 15) is 17.7 Å². The summed E-state index contributed by atoms with van der Waals surface area (Å²) in [5.41, 5.74) is 0. The van der Waals surface area contributed by atoms with Crippen LogP contribution in [0.15, 0.2) is 11.4 Å². The van der Waals surface area contributed by atoms with Crippen molar-refractivity contribution in [2.45, 2.75) is 44.7 Å². The van der Waals surface area contributed by atoms with E-state index in [0.717, 1.165) is 32.1 Å². The molecule has 0 aromatic carbocycles. The molecule has 1 N–H and O–H groups in total. The van der Waals surface area contributed by atoms with Crippen molar-refractivity contribution in [2.24, 2.45) is 5.92 Å². The van der Waals surface area contributed by atoms with Gasteiger partial charge in [-0.3, -0.25) is 0 Å². The van der Waals surface area contributed by atoms with Crippen molar-refractivity contribution in [2.75, 3.05) is 0 Å². The van der Waals surface area contributed by atoms with Crippen LogP contribution in [-0.4, -0.2) is 11.1 Å². The molecule has 0 aromatic rings. The summed E-state index contributed by atoms with van der Waals surface area (Å²) >= 11 is 0. The van der Waals surface area contributed by atoms with Gasteiger partial charge < -0.3 is 0 Å². The van der Waals surface area contributed by atoms with Crippen molar-refractivity contribution < 1.29 is 22.6 Å². The summed E-state index contributed by atoms with van der Waals surface area (Å²) in [5.74, 6) is 0.0391. The highest BCUT2D eigenvalue weighted by Gasteiger charge is 2.37. The average molecular weight is 255 g/mol. The van der Waals surface area contributed by atoms with Crippen molar-refractivity contribution in [3.8, 4) is 0 Å². The van der Waals surface area contributed by atoms with E-state index in [0.29, 0.717) is 0 Å². The lowest BCUT2D eigenvalue weighted by Crippen LogP contribution is -2.09. The number of alkyl halides is 3. The molecule has 1 atom stereocenters. The van der Waals surface area contributed by atoms with Gasteiger partial charge in [0.1, 0.15) is 6.42 Å². The van der Waals surface area contributed by atoms with Crippen LogP contribution in [0, 0.1) is 5.92 Å². The van der Waals surface area contributed by atoms with Gasteiger partial charge in [-0.1, -0.05) is 19.3 Å². The van der Waals surface area contributed by atoms with Crippen LogP contribution in [0.4, 0.5) is 13.2 Å². The van der Waals surface area contributed by atoms with E-state index in [1.807, 2.05) is 0 Å². The maximum atomic E-state index is 12.1. The SMILES string of the molecule is O=[P+](O)/C(=C\C1CCCCC1)CC(F)(F)F. The molecular formula is C10H15F3O2P+. The minimum absolute atomic E-state index is 0.0391. The Morgan fingerprint density at radius 2 is 1.88 bits per heavy atom. The number of allylic oxidation sites excluding steroid dienone is 2. The first kappa shape index (κ1) is 13.7. The van der Waals surface area contributed by atoms with Gasteiger partial charge in [0.2, 0.25) is 5.31 Å². The average Bonchev–Trinajstić information content (AvgIpc) is 2.16. The molecule has 0 radical (unpaired) electrons. The Labute approximate surface area is 93.4 Å². The van der Waals surface area contributed by atoms with Crippen LogP contribution >= 0.6 is 8.03 Å². The van der Waals surface area contributed by atoms with Gasteiger partial charge in [-0.2, -0.15) is 18.1 Å². The Hall–Kier alpha value is -0.410. The summed E-state index contributed by atoms with van der Waals surface area (Å²) in [6.45, 7) is 0. The summed E-state index contributed by atoms with van der Waals surface area (Å²) < 4.78 is 47.3. The summed E-state index contributed by atoms with van der Waals surface area (Å²) in [6, 6.07) is 0. The Balaban J connectivity index is 2.68. The van der Waals surface area contributed by atoms with Crippen LogP contribution in [0.1, 0.15) is 38.5 Å². The molecule has 0 heterocycles. The quantitative estimate of drug-likeness (QED) is 0.769. The Kier molecular flexibility index (Phi) is 4.93. The summed E-state index contributed by atoms with van der Waals surface area (Å²) in [5, 5.41) is -0.366. The van der Waals surface area contributed by atoms with E-state index in [4.69, 9.17) is 4.89 Å². The molecule has 92 valence electrons. The van der Waals surface area contributed by atoms with Gasteiger partial charge in [0.15, 0.2) is 0 Å². The standard InChI is InChI=1S/C10H14F3O2P/c11-10(12,13)7-9(16(14)15)6-8-4-2-1-3-5-8/h6,8H,1-5,7H2/p+1/b9-6-. The van der Waals surface area contributed by atoms with Gasteiger partial charge in [-0.15, -0.1) is 0 Å². The molecule has 1 rings (SSSR count). The molecule has 1 fully saturated rings. The third-order valence-electron chi connectivity index (χ3n) is 2.71. The predicted molar refractivity (Wildman–Crippen MR) is 55.2 cm³/mol. The molecule has 1 saturated carbocycles. The fourth-order valence-corrected chi connectivity index (χ4v) is 2.62. The largest absolute Gasteiger partial charge is 0.541 e. The van der Waals surface area contributed by atoms with E-state index >= 15 is 0 Å². The van der Waals surface area contributed by atoms with E-state index < -0.39 is 20.6 Å². The molecule has 0 amide bonds. The molecular weight excluding hydrogens is 240 g/mol. The fourth-order valence-electron chi connectivity index (χ4n) is 1.97. The van der Waals surface area contributed by atoms with Crippen molar-refractivity contribution >= 4 is 8.03 Å². The van der Waals surface area contributed by atoms with Crippen molar-refractivity contribution in [3.05, 3.63) is 11.4 Å². The first-order chi connectivity index (χ1) is 7.38. The third-order valence-corrected chi connectivity index (χ3v) is 3.50. The van der Waals surface area contributed by atoms with Crippen LogP contribution in [-0.2, 0) is 4.57 Å². The monoisotopic (exact) mass is 255 g/mol.